The smallest absolute Gasteiger partial charge is 0.239 e. The molecule has 0 unspecified atom stereocenters. The zero-order valence-electron chi connectivity index (χ0n) is 12.7. The standard InChI is InChI=1S/C13H24N6O2.ClH/c1-2-5-21-10-6-8(3-4-9(10)14)12(20)16-7-11-17-13(15)19-18-11;/h8-10H,2-7,14H2,1H3,(H,16,20)(H3,15,17,18,19);1H/t8-,9+,10+;/m0./s1. The number of halogens is 1. The summed E-state index contributed by atoms with van der Waals surface area (Å²) in [6, 6.07) is 0.0228. The molecule has 1 heterocycles. The fourth-order valence-electron chi connectivity index (χ4n) is 2.56. The highest BCUT2D eigenvalue weighted by Crippen LogP contribution is 2.26. The minimum Gasteiger partial charge on any atom is -0.377 e. The van der Waals surface area contributed by atoms with E-state index in [0.29, 0.717) is 25.4 Å². The number of carbonyl (C=O) groups excluding carboxylic acids is 1. The van der Waals surface area contributed by atoms with Gasteiger partial charge in [0, 0.05) is 18.6 Å². The van der Waals surface area contributed by atoms with Crippen molar-refractivity contribution in [2.75, 3.05) is 12.3 Å². The average Bonchev–Trinajstić information content (AvgIpc) is 2.89. The van der Waals surface area contributed by atoms with E-state index in [1.807, 2.05) is 0 Å². The largest absolute Gasteiger partial charge is 0.377 e. The zero-order chi connectivity index (χ0) is 15.2. The molecule has 1 saturated carbocycles. The fourth-order valence-corrected chi connectivity index (χ4v) is 2.56. The zero-order valence-corrected chi connectivity index (χ0v) is 13.6. The van der Waals surface area contributed by atoms with Crippen LogP contribution < -0.4 is 16.8 Å². The van der Waals surface area contributed by atoms with Crippen molar-refractivity contribution in [2.45, 2.75) is 51.3 Å². The van der Waals surface area contributed by atoms with Crippen molar-refractivity contribution in [1.29, 1.82) is 0 Å². The van der Waals surface area contributed by atoms with Crippen LogP contribution in [0.15, 0.2) is 0 Å². The number of nitrogens with one attached hydrogen (secondary N) is 2. The first-order chi connectivity index (χ1) is 10.1. The molecule has 2 rings (SSSR count). The molecule has 126 valence electrons. The number of aromatic nitrogens is 3. The molecule has 1 amide bonds. The second-order valence-electron chi connectivity index (χ2n) is 5.44. The molecule has 0 bridgehead atoms. The molecule has 1 aliphatic carbocycles. The Morgan fingerprint density at radius 2 is 2.27 bits per heavy atom. The highest BCUT2D eigenvalue weighted by molar-refractivity contribution is 5.85. The number of hydrogen-bond acceptors (Lipinski definition) is 6. The molecule has 0 saturated heterocycles. The molecule has 0 spiro atoms. The molecule has 1 aromatic heterocycles. The molecule has 22 heavy (non-hydrogen) atoms. The molecular formula is C13H25ClN6O2. The summed E-state index contributed by atoms with van der Waals surface area (Å²) >= 11 is 0. The van der Waals surface area contributed by atoms with Crippen LogP contribution in [0.25, 0.3) is 0 Å². The van der Waals surface area contributed by atoms with E-state index in [-0.39, 0.29) is 42.3 Å². The van der Waals surface area contributed by atoms with Crippen molar-refractivity contribution in [3.05, 3.63) is 5.82 Å². The third-order valence-electron chi connectivity index (χ3n) is 3.73. The lowest BCUT2D eigenvalue weighted by Crippen LogP contribution is -2.45. The average molecular weight is 333 g/mol. The van der Waals surface area contributed by atoms with Crippen molar-refractivity contribution >= 4 is 24.3 Å². The lowest BCUT2D eigenvalue weighted by Gasteiger charge is -2.33. The van der Waals surface area contributed by atoms with Crippen LogP contribution in [0.2, 0.25) is 0 Å². The van der Waals surface area contributed by atoms with E-state index in [2.05, 4.69) is 27.4 Å². The van der Waals surface area contributed by atoms with Gasteiger partial charge in [0.05, 0.1) is 12.6 Å². The Bertz CT molecular complexity index is 469. The Hall–Kier alpha value is -1.38. The minimum absolute atomic E-state index is 0. The van der Waals surface area contributed by atoms with Gasteiger partial charge in [0.1, 0.15) is 5.82 Å². The van der Waals surface area contributed by atoms with Crippen molar-refractivity contribution in [3.8, 4) is 0 Å². The minimum atomic E-state index is -0.0630. The van der Waals surface area contributed by atoms with Crippen molar-refractivity contribution in [3.63, 3.8) is 0 Å². The Kier molecular flexibility index (Phi) is 7.57. The summed E-state index contributed by atoms with van der Waals surface area (Å²) in [6.45, 7) is 3.04. The van der Waals surface area contributed by atoms with Crippen LogP contribution in [-0.2, 0) is 16.1 Å². The fraction of sp³-hybridized carbons (Fsp3) is 0.769. The quantitative estimate of drug-likeness (QED) is 0.594. The molecule has 6 N–H and O–H groups in total. The summed E-state index contributed by atoms with van der Waals surface area (Å²) in [6.07, 6.45) is 3.19. The summed E-state index contributed by atoms with van der Waals surface area (Å²) in [7, 11) is 0. The summed E-state index contributed by atoms with van der Waals surface area (Å²) in [5, 5.41) is 9.23. The first-order valence-corrected chi connectivity index (χ1v) is 7.41. The number of aromatic amines is 1. The Morgan fingerprint density at radius 1 is 1.50 bits per heavy atom. The predicted molar refractivity (Wildman–Crippen MR) is 85.2 cm³/mol. The summed E-state index contributed by atoms with van der Waals surface area (Å²) < 4.78 is 5.74. The monoisotopic (exact) mass is 332 g/mol. The molecule has 1 aliphatic rings. The predicted octanol–water partition coefficient (Wildman–Crippen LogP) is 0.348. The van der Waals surface area contributed by atoms with Crippen LogP contribution in [0, 0.1) is 5.92 Å². The molecule has 8 nitrogen and oxygen atoms in total. The Morgan fingerprint density at radius 3 is 2.91 bits per heavy atom. The normalized spacial score (nSPS) is 24.5. The lowest BCUT2D eigenvalue weighted by molar-refractivity contribution is -0.128. The number of nitrogen functional groups attached to an aromatic ring is 1. The van der Waals surface area contributed by atoms with Crippen LogP contribution >= 0.6 is 12.4 Å². The molecule has 3 atom stereocenters. The maximum Gasteiger partial charge on any atom is 0.239 e. The third-order valence-corrected chi connectivity index (χ3v) is 3.73. The first-order valence-electron chi connectivity index (χ1n) is 7.41. The van der Waals surface area contributed by atoms with Gasteiger partial charge in [-0.1, -0.05) is 6.92 Å². The van der Waals surface area contributed by atoms with Gasteiger partial charge in [-0.15, -0.1) is 17.5 Å². The molecule has 9 heteroatoms. The first kappa shape index (κ1) is 18.7. The van der Waals surface area contributed by atoms with E-state index in [1.54, 1.807) is 0 Å². The number of rotatable bonds is 6. The van der Waals surface area contributed by atoms with Crippen molar-refractivity contribution < 1.29 is 9.53 Å². The Balaban J connectivity index is 0.00000242. The van der Waals surface area contributed by atoms with Gasteiger partial charge < -0.3 is 21.5 Å². The van der Waals surface area contributed by atoms with E-state index in [1.165, 1.54) is 0 Å². The number of nitrogens with zero attached hydrogens (tertiary/aromatic N) is 2. The number of carbonyl (C=O) groups is 1. The van der Waals surface area contributed by atoms with Gasteiger partial charge in [-0.2, -0.15) is 4.98 Å². The molecule has 0 aliphatic heterocycles. The number of amides is 1. The van der Waals surface area contributed by atoms with E-state index in [9.17, 15) is 4.79 Å². The van der Waals surface area contributed by atoms with Gasteiger partial charge in [-0.05, 0) is 25.7 Å². The summed E-state index contributed by atoms with van der Waals surface area (Å²) in [4.78, 5) is 16.2. The number of ether oxygens (including phenoxy) is 1. The highest BCUT2D eigenvalue weighted by Gasteiger charge is 2.32. The van der Waals surface area contributed by atoms with Crippen LogP contribution in [0.1, 0.15) is 38.4 Å². The topological polar surface area (TPSA) is 132 Å². The van der Waals surface area contributed by atoms with Gasteiger partial charge in [0.15, 0.2) is 0 Å². The number of H-pyrrole nitrogens is 1. The molecule has 0 radical (unpaired) electrons. The van der Waals surface area contributed by atoms with Gasteiger partial charge in [-0.3, -0.25) is 9.89 Å². The molecular weight excluding hydrogens is 308 g/mol. The van der Waals surface area contributed by atoms with Crippen molar-refractivity contribution in [1.82, 2.24) is 20.5 Å². The van der Waals surface area contributed by atoms with E-state index in [4.69, 9.17) is 16.2 Å². The second kappa shape index (κ2) is 8.92. The molecule has 1 aromatic rings. The Labute approximate surface area is 136 Å². The number of nitrogens with two attached hydrogens (primary N) is 2. The molecule has 0 aromatic carbocycles. The van der Waals surface area contributed by atoms with Crippen LogP contribution in [-0.4, -0.2) is 39.8 Å². The third kappa shape index (κ3) is 5.11. The summed E-state index contributed by atoms with van der Waals surface area (Å²) in [5.74, 6) is 0.664. The SMILES string of the molecule is CCCO[C@@H]1C[C@@H](C(=O)NCc2nc(N)n[nH]2)CC[C@H]1N.Cl. The maximum atomic E-state index is 12.2. The van der Waals surface area contributed by atoms with Crippen LogP contribution in [0.3, 0.4) is 0 Å². The lowest BCUT2D eigenvalue weighted by atomic mass is 9.83. The van der Waals surface area contributed by atoms with Crippen LogP contribution in [0.5, 0.6) is 0 Å². The number of anilines is 1. The van der Waals surface area contributed by atoms with E-state index in [0.717, 1.165) is 19.3 Å². The second-order valence-corrected chi connectivity index (χ2v) is 5.44. The van der Waals surface area contributed by atoms with Gasteiger partial charge in [0.25, 0.3) is 0 Å². The molecule has 1 fully saturated rings. The van der Waals surface area contributed by atoms with Gasteiger partial charge in [-0.25, -0.2) is 0 Å². The van der Waals surface area contributed by atoms with Crippen LogP contribution in [0.4, 0.5) is 5.95 Å². The van der Waals surface area contributed by atoms with Crippen molar-refractivity contribution in [2.24, 2.45) is 11.7 Å². The summed E-state index contributed by atoms with van der Waals surface area (Å²) in [5.41, 5.74) is 11.5. The number of hydrogen-bond donors (Lipinski definition) is 4. The van der Waals surface area contributed by atoms with Gasteiger partial charge in [0.2, 0.25) is 11.9 Å². The maximum absolute atomic E-state index is 12.2. The van der Waals surface area contributed by atoms with E-state index < -0.39 is 0 Å². The van der Waals surface area contributed by atoms with Gasteiger partial charge >= 0.3 is 0 Å². The highest BCUT2D eigenvalue weighted by atomic mass is 35.5. The van der Waals surface area contributed by atoms with E-state index >= 15 is 0 Å².